The molecule has 0 saturated heterocycles. The van der Waals surface area contributed by atoms with Gasteiger partial charge in [-0.15, -0.1) is 0 Å². The van der Waals surface area contributed by atoms with Crippen molar-refractivity contribution in [1.82, 2.24) is 29.9 Å². The lowest BCUT2D eigenvalue weighted by Crippen LogP contribution is -2.09. The van der Waals surface area contributed by atoms with Crippen LogP contribution in [0.4, 0.5) is 32.1 Å². The van der Waals surface area contributed by atoms with Crippen molar-refractivity contribution in [1.29, 1.82) is 0 Å². The summed E-state index contributed by atoms with van der Waals surface area (Å²) < 4.78 is 25.7. The van der Waals surface area contributed by atoms with Crippen molar-refractivity contribution in [3.63, 3.8) is 0 Å². The molecule has 47 heavy (non-hydrogen) atoms. The number of nitrogens with one attached hydrogen (secondary N) is 5. The van der Waals surface area contributed by atoms with Crippen molar-refractivity contribution in [3.05, 3.63) is 92.6 Å². The van der Waals surface area contributed by atoms with Gasteiger partial charge in [0.05, 0.1) is 11.0 Å². The number of benzene rings is 2. The highest BCUT2D eigenvalue weighted by Gasteiger charge is 2.05. The Morgan fingerprint density at radius 3 is 1.62 bits per heavy atom. The molecular formula is C30H28Cl4F2N10O. The number of hydrogen-bond acceptors (Lipinski definition) is 9. The molecule has 0 aliphatic rings. The highest BCUT2D eigenvalue weighted by Crippen LogP contribution is 2.22. The summed E-state index contributed by atoms with van der Waals surface area (Å²) in [6, 6.07) is 16.0. The van der Waals surface area contributed by atoms with Crippen LogP contribution in [0.3, 0.4) is 0 Å². The second-order valence-electron chi connectivity index (χ2n) is 9.63. The molecule has 0 saturated carbocycles. The van der Waals surface area contributed by atoms with Gasteiger partial charge in [0.2, 0.25) is 23.8 Å². The van der Waals surface area contributed by atoms with Gasteiger partial charge in [-0.25, -0.2) is 0 Å². The number of imidazole rings is 2. The molecule has 4 heterocycles. The summed E-state index contributed by atoms with van der Waals surface area (Å²) in [6.07, 6.45) is 2.06. The van der Waals surface area contributed by atoms with Crippen LogP contribution in [-0.2, 0) is 4.79 Å². The molecule has 6 aromatic rings. The number of aromatic amines is 2. The van der Waals surface area contributed by atoms with Crippen LogP contribution in [0.2, 0.25) is 20.1 Å². The highest BCUT2D eigenvalue weighted by molar-refractivity contribution is 6.35. The molecule has 0 spiro atoms. The van der Waals surface area contributed by atoms with Crippen LogP contribution >= 0.6 is 46.4 Å². The zero-order valence-corrected chi connectivity index (χ0v) is 27.5. The van der Waals surface area contributed by atoms with E-state index in [1.54, 1.807) is 36.4 Å². The number of nitrogens with two attached hydrogens (primary N) is 1. The van der Waals surface area contributed by atoms with E-state index in [2.05, 4.69) is 45.9 Å². The van der Waals surface area contributed by atoms with Gasteiger partial charge in [-0.3, -0.25) is 0 Å². The standard InChI is InChI=1S/C15H14Cl2FN5.C9H9FN4O.C6H5Cl2N/c16-9-6-10(17)8-11(7-9)19-4-1-5-20-15-21-12-2-3-13(18)22-14(12)23-15;10-7-3-2-6-8(13-7)14-9(12-6)11-4-1-5-15;7-4-1-5(8)3-6(9)2-4/h2-3,6-8,19H,1,4-5H2,(H2,20,21,22,23);2-3,5H,1,4H2,(H2,11,12,13,14);1-3H,9H2. The first-order valence-electron chi connectivity index (χ1n) is 14.0. The van der Waals surface area contributed by atoms with Crippen LogP contribution < -0.4 is 21.7 Å². The van der Waals surface area contributed by atoms with Crippen LogP contribution in [0, 0.1) is 11.9 Å². The summed E-state index contributed by atoms with van der Waals surface area (Å²) in [6.45, 7) is 1.94. The average molecular weight is 724 g/mol. The fraction of sp³-hybridized carbons (Fsp3) is 0.167. The lowest BCUT2D eigenvalue weighted by Gasteiger charge is -2.07. The SMILES string of the molecule is Fc1ccc2[nH]c(NCCCNc3cc(Cl)cc(Cl)c3)nc2n1.Nc1cc(Cl)cc(Cl)c1.O=CCCNc1nc2nc(F)ccc2[nH]1. The maximum Gasteiger partial charge on any atom is 0.215 e. The van der Waals surface area contributed by atoms with E-state index in [-0.39, 0.29) is 0 Å². The lowest BCUT2D eigenvalue weighted by molar-refractivity contribution is -0.107. The minimum atomic E-state index is -0.562. The molecular weight excluding hydrogens is 696 g/mol. The maximum atomic E-state index is 13.0. The highest BCUT2D eigenvalue weighted by atomic mass is 35.5. The van der Waals surface area contributed by atoms with Crippen molar-refractivity contribution in [2.45, 2.75) is 12.8 Å². The first-order chi connectivity index (χ1) is 22.6. The lowest BCUT2D eigenvalue weighted by atomic mass is 10.3. The monoisotopic (exact) mass is 722 g/mol. The third-order valence-electron chi connectivity index (χ3n) is 5.90. The number of aromatic nitrogens is 6. The molecule has 0 radical (unpaired) electrons. The van der Waals surface area contributed by atoms with Gasteiger partial charge in [0.15, 0.2) is 11.3 Å². The number of rotatable bonds is 10. The predicted octanol–water partition coefficient (Wildman–Crippen LogP) is 7.99. The third kappa shape index (κ3) is 11.7. The maximum absolute atomic E-state index is 13.0. The van der Waals surface area contributed by atoms with Gasteiger partial charge in [0.25, 0.3) is 0 Å². The summed E-state index contributed by atoms with van der Waals surface area (Å²) in [7, 11) is 0. The normalized spacial score (nSPS) is 10.5. The number of fused-ring (bicyclic) bond motifs is 2. The van der Waals surface area contributed by atoms with Crippen LogP contribution in [0.15, 0.2) is 60.7 Å². The number of halogens is 6. The second-order valence-corrected chi connectivity index (χ2v) is 11.4. The van der Waals surface area contributed by atoms with E-state index in [1.165, 1.54) is 12.1 Å². The summed E-state index contributed by atoms with van der Waals surface area (Å²) >= 11 is 23.0. The number of nitrogens with zero attached hydrogens (tertiary/aromatic N) is 4. The summed E-state index contributed by atoms with van der Waals surface area (Å²) in [4.78, 5) is 31.5. The molecule has 6 rings (SSSR count). The number of hydrogen-bond donors (Lipinski definition) is 6. The van der Waals surface area contributed by atoms with E-state index >= 15 is 0 Å². The van der Waals surface area contributed by atoms with Crippen LogP contribution in [-0.4, -0.2) is 55.8 Å². The van der Waals surface area contributed by atoms with Crippen LogP contribution in [0.5, 0.6) is 0 Å². The van der Waals surface area contributed by atoms with Crippen LogP contribution in [0.25, 0.3) is 22.3 Å². The van der Waals surface area contributed by atoms with Crippen molar-refractivity contribution >= 4 is 98.3 Å². The molecule has 17 heteroatoms. The number of carbonyl (C=O) groups excluding carboxylic acids is 1. The molecule has 7 N–H and O–H groups in total. The number of aldehydes is 1. The molecule has 2 aromatic carbocycles. The third-order valence-corrected chi connectivity index (χ3v) is 6.77. The first-order valence-corrected chi connectivity index (χ1v) is 15.5. The van der Waals surface area contributed by atoms with Crippen molar-refractivity contribution in [2.24, 2.45) is 0 Å². The Morgan fingerprint density at radius 1 is 0.660 bits per heavy atom. The number of pyridine rings is 2. The molecule has 0 aliphatic heterocycles. The Morgan fingerprint density at radius 2 is 1.13 bits per heavy atom. The molecule has 0 amide bonds. The minimum Gasteiger partial charge on any atom is -0.399 e. The predicted molar refractivity (Wildman–Crippen MR) is 186 cm³/mol. The van der Waals surface area contributed by atoms with E-state index in [0.29, 0.717) is 79.5 Å². The van der Waals surface area contributed by atoms with Gasteiger partial charge >= 0.3 is 0 Å². The van der Waals surface area contributed by atoms with Crippen molar-refractivity contribution in [3.8, 4) is 0 Å². The molecule has 0 bridgehead atoms. The zero-order chi connectivity index (χ0) is 33.8. The fourth-order valence-corrected chi connectivity index (χ4v) is 4.98. The minimum absolute atomic E-state index is 0.323. The van der Waals surface area contributed by atoms with Crippen molar-refractivity contribution < 1.29 is 13.6 Å². The zero-order valence-electron chi connectivity index (χ0n) is 24.4. The second kappa shape index (κ2) is 17.5. The molecule has 0 aliphatic carbocycles. The topological polar surface area (TPSA) is 162 Å². The van der Waals surface area contributed by atoms with Gasteiger partial charge in [0, 0.05) is 57.5 Å². The van der Waals surface area contributed by atoms with E-state index < -0.39 is 11.9 Å². The Balaban J connectivity index is 0.000000178. The van der Waals surface area contributed by atoms with E-state index in [1.807, 2.05) is 12.1 Å². The van der Waals surface area contributed by atoms with Gasteiger partial charge < -0.3 is 36.4 Å². The number of anilines is 4. The summed E-state index contributed by atoms with van der Waals surface area (Å²) in [5.41, 5.74) is 8.90. The fourth-order valence-electron chi connectivity index (χ4n) is 3.91. The van der Waals surface area contributed by atoms with Gasteiger partial charge in [0.1, 0.15) is 6.29 Å². The molecule has 0 fully saturated rings. The van der Waals surface area contributed by atoms with Crippen LogP contribution in [0.1, 0.15) is 12.8 Å². The van der Waals surface area contributed by atoms with Gasteiger partial charge in [-0.05, 0) is 67.1 Å². The van der Waals surface area contributed by atoms with Gasteiger partial charge in [-0.2, -0.15) is 28.7 Å². The Kier molecular flexibility index (Phi) is 13.2. The largest absolute Gasteiger partial charge is 0.399 e. The Hall–Kier alpha value is -4.43. The Bertz CT molecular complexity index is 1870. The average Bonchev–Trinajstić information content (AvgIpc) is 3.59. The number of nitrogen functional groups attached to an aromatic ring is 1. The molecule has 11 nitrogen and oxygen atoms in total. The number of H-pyrrole nitrogens is 2. The molecule has 0 atom stereocenters. The quantitative estimate of drug-likeness (QED) is 0.0356. The summed E-state index contributed by atoms with van der Waals surface area (Å²) in [5.74, 6) is -0.0396. The summed E-state index contributed by atoms with van der Waals surface area (Å²) in [5, 5.41) is 11.6. The van der Waals surface area contributed by atoms with E-state index in [4.69, 9.17) is 52.1 Å². The van der Waals surface area contributed by atoms with E-state index in [9.17, 15) is 13.6 Å². The number of carbonyl (C=O) groups is 1. The smallest absolute Gasteiger partial charge is 0.215 e. The van der Waals surface area contributed by atoms with Gasteiger partial charge in [-0.1, -0.05) is 46.4 Å². The Labute approximate surface area is 287 Å². The first kappa shape index (κ1) is 35.4. The molecule has 0 unspecified atom stereocenters. The van der Waals surface area contributed by atoms with E-state index in [0.717, 1.165) is 24.9 Å². The molecule has 4 aromatic heterocycles. The molecule has 246 valence electrons. The van der Waals surface area contributed by atoms with Crippen molar-refractivity contribution in [2.75, 3.05) is 41.3 Å².